The first-order valence-electron chi connectivity index (χ1n) is 9.61. The maximum absolute atomic E-state index is 5.86. The number of pyridine rings is 1. The Bertz CT molecular complexity index is 925. The van der Waals surface area contributed by atoms with Crippen LogP contribution in [0.25, 0.3) is 0 Å². The molecular weight excluding hydrogens is 352 g/mol. The van der Waals surface area contributed by atoms with Gasteiger partial charge in [-0.1, -0.05) is 12.1 Å². The van der Waals surface area contributed by atoms with E-state index in [-0.39, 0.29) is 0 Å². The topological polar surface area (TPSA) is 52.6 Å². The van der Waals surface area contributed by atoms with Gasteiger partial charge in [-0.2, -0.15) is 0 Å². The molecule has 5 nitrogen and oxygen atoms in total. The highest BCUT2D eigenvalue weighted by molar-refractivity contribution is 5.40. The predicted molar refractivity (Wildman–Crippen MR) is 108 cm³/mol. The van der Waals surface area contributed by atoms with Crippen LogP contribution in [0.15, 0.2) is 60.8 Å². The maximum Gasteiger partial charge on any atom is 0.219 e. The molecule has 1 aliphatic rings. The standard InChI is InChI=1S/C23H24N2O3/c1-2-26-20-4-6-21(7-5-20)28-23-14-18(9-11-25-23)16-24-15-17-3-8-22-19(13-17)10-12-27-22/h3-9,11,13-14,24H,2,10,12,15-16H2,1H3. The number of ether oxygens (including phenoxy) is 3. The van der Waals surface area contributed by atoms with Gasteiger partial charge in [-0.15, -0.1) is 0 Å². The Balaban J connectivity index is 1.32. The first-order valence-corrected chi connectivity index (χ1v) is 9.61. The Morgan fingerprint density at radius 1 is 0.964 bits per heavy atom. The van der Waals surface area contributed by atoms with E-state index in [1.54, 1.807) is 6.20 Å². The summed E-state index contributed by atoms with van der Waals surface area (Å²) in [6.07, 6.45) is 2.77. The lowest BCUT2D eigenvalue weighted by Crippen LogP contribution is -2.12. The van der Waals surface area contributed by atoms with Gasteiger partial charge in [-0.3, -0.25) is 0 Å². The molecule has 1 N–H and O–H groups in total. The van der Waals surface area contributed by atoms with Crippen LogP contribution in [0.1, 0.15) is 23.6 Å². The molecule has 2 aromatic carbocycles. The molecule has 0 saturated carbocycles. The number of aromatic nitrogens is 1. The Morgan fingerprint density at radius 2 is 1.75 bits per heavy atom. The van der Waals surface area contributed by atoms with Crippen molar-refractivity contribution in [1.29, 1.82) is 0 Å². The summed E-state index contributed by atoms with van der Waals surface area (Å²) in [5, 5.41) is 3.48. The van der Waals surface area contributed by atoms with Crippen LogP contribution >= 0.6 is 0 Å². The summed E-state index contributed by atoms with van der Waals surface area (Å²) in [5.41, 5.74) is 3.69. The van der Waals surface area contributed by atoms with Crippen molar-refractivity contribution in [2.75, 3.05) is 13.2 Å². The zero-order valence-corrected chi connectivity index (χ0v) is 16.0. The molecule has 0 fully saturated rings. The zero-order chi connectivity index (χ0) is 19.2. The number of hydrogen-bond donors (Lipinski definition) is 1. The smallest absolute Gasteiger partial charge is 0.219 e. The zero-order valence-electron chi connectivity index (χ0n) is 16.0. The van der Waals surface area contributed by atoms with Gasteiger partial charge in [0, 0.05) is 31.8 Å². The molecule has 1 aliphatic heterocycles. The number of fused-ring (bicyclic) bond motifs is 1. The lowest BCUT2D eigenvalue weighted by atomic mass is 10.1. The van der Waals surface area contributed by atoms with Gasteiger partial charge < -0.3 is 19.5 Å². The number of nitrogens with one attached hydrogen (secondary N) is 1. The molecule has 0 aliphatic carbocycles. The molecule has 0 spiro atoms. The second kappa shape index (κ2) is 8.76. The lowest BCUT2D eigenvalue weighted by molar-refractivity contribution is 0.339. The molecule has 2 heterocycles. The van der Waals surface area contributed by atoms with E-state index in [0.717, 1.165) is 48.9 Å². The number of rotatable bonds is 8. The van der Waals surface area contributed by atoms with Crippen molar-refractivity contribution in [2.24, 2.45) is 0 Å². The van der Waals surface area contributed by atoms with Gasteiger partial charge in [0.1, 0.15) is 17.2 Å². The molecule has 0 bridgehead atoms. The van der Waals surface area contributed by atoms with E-state index in [9.17, 15) is 0 Å². The van der Waals surface area contributed by atoms with Crippen molar-refractivity contribution in [1.82, 2.24) is 10.3 Å². The average molecular weight is 376 g/mol. The third kappa shape index (κ3) is 4.61. The summed E-state index contributed by atoms with van der Waals surface area (Å²) in [5.74, 6) is 3.17. The van der Waals surface area contributed by atoms with Gasteiger partial charge in [0.25, 0.3) is 0 Å². The third-order valence-electron chi connectivity index (χ3n) is 4.57. The maximum atomic E-state index is 5.86. The Morgan fingerprint density at radius 3 is 2.57 bits per heavy atom. The fourth-order valence-corrected chi connectivity index (χ4v) is 3.21. The second-order valence-electron chi connectivity index (χ2n) is 6.65. The highest BCUT2D eigenvalue weighted by atomic mass is 16.5. The van der Waals surface area contributed by atoms with Crippen molar-refractivity contribution in [3.8, 4) is 23.1 Å². The van der Waals surface area contributed by atoms with E-state index in [2.05, 4.69) is 28.5 Å². The third-order valence-corrected chi connectivity index (χ3v) is 4.57. The van der Waals surface area contributed by atoms with Crippen molar-refractivity contribution in [2.45, 2.75) is 26.4 Å². The van der Waals surface area contributed by atoms with E-state index in [1.807, 2.05) is 43.3 Å². The minimum atomic E-state index is 0.582. The van der Waals surface area contributed by atoms with E-state index >= 15 is 0 Å². The van der Waals surface area contributed by atoms with Crippen LogP contribution in [0.4, 0.5) is 0 Å². The molecule has 0 radical (unpaired) electrons. The fraction of sp³-hybridized carbons (Fsp3) is 0.261. The highest BCUT2D eigenvalue weighted by Gasteiger charge is 2.11. The number of nitrogens with zero attached hydrogens (tertiary/aromatic N) is 1. The largest absolute Gasteiger partial charge is 0.494 e. The summed E-state index contributed by atoms with van der Waals surface area (Å²) in [4.78, 5) is 4.30. The number of benzene rings is 2. The van der Waals surface area contributed by atoms with Crippen LogP contribution < -0.4 is 19.5 Å². The van der Waals surface area contributed by atoms with Crippen molar-refractivity contribution in [3.63, 3.8) is 0 Å². The first-order chi connectivity index (χ1) is 13.8. The molecule has 4 rings (SSSR count). The van der Waals surface area contributed by atoms with Gasteiger partial charge >= 0.3 is 0 Å². The molecule has 0 atom stereocenters. The van der Waals surface area contributed by atoms with Crippen LogP contribution in [0.5, 0.6) is 23.1 Å². The second-order valence-corrected chi connectivity index (χ2v) is 6.65. The summed E-state index contributed by atoms with van der Waals surface area (Å²) in [6.45, 7) is 4.96. The van der Waals surface area contributed by atoms with Crippen LogP contribution in [-0.2, 0) is 19.5 Å². The van der Waals surface area contributed by atoms with Gasteiger partial charge in [-0.25, -0.2) is 4.98 Å². The molecule has 0 amide bonds. The van der Waals surface area contributed by atoms with Crippen molar-refractivity contribution < 1.29 is 14.2 Å². The van der Waals surface area contributed by atoms with Gasteiger partial charge in [0.15, 0.2) is 0 Å². The quantitative estimate of drug-likeness (QED) is 0.627. The molecule has 1 aromatic heterocycles. The fourth-order valence-electron chi connectivity index (χ4n) is 3.21. The van der Waals surface area contributed by atoms with Crippen molar-refractivity contribution in [3.05, 3.63) is 77.5 Å². The molecule has 0 unspecified atom stereocenters. The molecule has 144 valence electrons. The minimum Gasteiger partial charge on any atom is -0.494 e. The van der Waals surface area contributed by atoms with Gasteiger partial charge in [-0.05, 0) is 60.0 Å². The summed E-state index contributed by atoms with van der Waals surface area (Å²) in [6, 6.07) is 17.9. The predicted octanol–water partition coefficient (Wildman–Crippen LogP) is 4.50. The Labute approximate surface area is 165 Å². The Kier molecular flexibility index (Phi) is 5.73. The lowest BCUT2D eigenvalue weighted by Gasteiger charge is -2.09. The molecule has 0 saturated heterocycles. The van der Waals surface area contributed by atoms with E-state index < -0.39 is 0 Å². The monoisotopic (exact) mass is 376 g/mol. The summed E-state index contributed by atoms with van der Waals surface area (Å²) < 4.78 is 16.9. The highest BCUT2D eigenvalue weighted by Crippen LogP contribution is 2.26. The van der Waals surface area contributed by atoms with Crippen LogP contribution in [0.2, 0.25) is 0 Å². The molecule has 3 aromatic rings. The summed E-state index contributed by atoms with van der Waals surface area (Å²) in [7, 11) is 0. The molecule has 5 heteroatoms. The number of hydrogen-bond acceptors (Lipinski definition) is 5. The summed E-state index contributed by atoms with van der Waals surface area (Å²) >= 11 is 0. The SMILES string of the molecule is CCOc1ccc(Oc2cc(CNCc3ccc4c(c3)CCO4)ccn2)cc1. The Hall–Kier alpha value is -3.05. The van der Waals surface area contributed by atoms with E-state index in [0.29, 0.717) is 12.5 Å². The van der Waals surface area contributed by atoms with Crippen LogP contribution in [0.3, 0.4) is 0 Å². The van der Waals surface area contributed by atoms with Crippen molar-refractivity contribution >= 4 is 0 Å². The van der Waals surface area contributed by atoms with Gasteiger partial charge in [0.2, 0.25) is 5.88 Å². The average Bonchev–Trinajstić information content (AvgIpc) is 3.18. The normalized spacial score (nSPS) is 12.3. The van der Waals surface area contributed by atoms with Gasteiger partial charge in [0.05, 0.1) is 13.2 Å². The van der Waals surface area contributed by atoms with Crippen LogP contribution in [0, 0.1) is 0 Å². The van der Waals surface area contributed by atoms with E-state index in [1.165, 1.54) is 11.1 Å². The van der Waals surface area contributed by atoms with Crippen LogP contribution in [-0.4, -0.2) is 18.2 Å². The minimum absolute atomic E-state index is 0.582. The first kappa shape index (κ1) is 18.3. The molecule has 28 heavy (non-hydrogen) atoms. The van der Waals surface area contributed by atoms with E-state index in [4.69, 9.17) is 14.2 Å². The molecular formula is C23H24N2O3.